The molecule has 126 valence electrons. The van der Waals surface area contributed by atoms with Crippen molar-refractivity contribution in [3.05, 3.63) is 60.2 Å². The van der Waals surface area contributed by atoms with Gasteiger partial charge in [0.2, 0.25) is 5.96 Å². The number of nitrogens with zero attached hydrogens (tertiary/aromatic N) is 3. The van der Waals surface area contributed by atoms with Crippen LogP contribution in [0.1, 0.15) is 0 Å². The Morgan fingerprint density at radius 2 is 1.42 bits per heavy atom. The maximum absolute atomic E-state index is 13.1. The summed E-state index contributed by atoms with van der Waals surface area (Å²) in [5.41, 5.74) is 1.43. The number of anilines is 1. The fraction of sp³-hybridized carbons (Fsp3) is 0.278. The molecule has 1 N–H and O–H groups in total. The van der Waals surface area contributed by atoms with Crippen molar-refractivity contribution in [2.45, 2.75) is 0 Å². The molecule has 2 aromatic rings. The van der Waals surface area contributed by atoms with E-state index in [9.17, 15) is 8.78 Å². The lowest BCUT2D eigenvalue weighted by molar-refractivity contribution is 0.215. The number of benzene rings is 2. The first-order chi connectivity index (χ1) is 11.6. The topological polar surface area (TPSA) is 30.9 Å². The molecule has 3 rings (SSSR count). The molecule has 6 heteroatoms. The first-order valence-corrected chi connectivity index (χ1v) is 7.90. The van der Waals surface area contributed by atoms with Crippen molar-refractivity contribution >= 4 is 17.3 Å². The summed E-state index contributed by atoms with van der Waals surface area (Å²) in [5.74, 6) is 0.111. The summed E-state index contributed by atoms with van der Waals surface area (Å²) in [7, 11) is 2.08. The molecule has 0 spiro atoms. The zero-order chi connectivity index (χ0) is 16.9. The van der Waals surface area contributed by atoms with Crippen molar-refractivity contribution in [3.8, 4) is 0 Å². The number of aliphatic imine (C=N–C) groups is 1. The number of likely N-dealkylation sites (N-methyl/N-ethyl adjacent to an activating group) is 1. The molecule has 1 saturated heterocycles. The molecule has 0 bridgehead atoms. The van der Waals surface area contributed by atoms with E-state index >= 15 is 0 Å². The lowest BCUT2D eigenvalue weighted by Gasteiger charge is -2.34. The molecular weight excluding hydrogens is 310 g/mol. The maximum atomic E-state index is 13.1. The monoisotopic (exact) mass is 330 g/mol. The fourth-order valence-electron chi connectivity index (χ4n) is 2.50. The van der Waals surface area contributed by atoms with E-state index in [2.05, 4.69) is 27.2 Å². The van der Waals surface area contributed by atoms with Crippen LogP contribution in [0.3, 0.4) is 0 Å². The van der Waals surface area contributed by atoms with Crippen molar-refractivity contribution in [2.75, 3.05) is 38.5 Å². The normalized spacial score (nSPS) is 16.3. The Balaban J connectivity index is 1.85. The standard InChI is InChI=1S/C18H20F2N4/c1-23-10-12-24(13-11-23)18(21-16-6-2-14(19)3-7-16)22-17-8-4-15(20)5-9-17/h2-9H,10-13H2,1H3,(H,21,22). The zero-order valence-electron chi connectivity index (χ0n) is 13.5. The van der Waals surface area contributed by atoms with Crippen LogP contribution in [0.5, 0.6) is 0 Å². The summed E-state index contributed by atoms with van der Waals surface area (Å²) in [6.07, 6.45) is 0. The van der Waals surface area contributed by atoms with Crippen LogP contribution in [0.25, 0.3) is 0 Å². The largest absolute Gasteiger partial charge is 0.340 e. The molecule has 0 aromatic heterocycles. The van der Waals surface area contributed by atoms with Crippen LogP contribution in [0, 0.1) is 11.6 Å². The second kappa shape index (κ2) is 7.40. The molecule has 2 aromatic carbocycles. The number of rotatable bonds is 2. The van der Waals surface area contributed by atoms with Gasteiger partial charge in [-0.15, -0.1) is 0 Å². The Labute approximate surface area is 140 Å². The lowest BCUT2D eigenvalue weighted by Crippen LogP contribution is -2.49. The van der Waals surface area contributed by atoms with E-state index in [-0.39, 0.29) is 11.6 Å². The summed E-state index contributed by atoms with van der Waals surface area (Å²) in [4.78, 5) is 9.02. The number of hydrogen-bond donors (Lipinski definition) is 1. The highest BCUT2D eigenvalue weighted by Crippen LogP contribution is 2.16. The molecule has 1 aliphatic heterocycles. The minimum Gasteiger partial charge on any atom is -0.340 e. The predicted molar refractivity (Wildman–Crippen MR) is 92.6 cm³/mol. The third kappa shape index (κ3) is 4.29. The van der Waals surface area contributed by atoms with Crippen LogP contribution in [0.15, 0.2) is 53.5 Å². The summed E-state index contributed by atoms with van der Waals surface area (Å²) < 4.78 is 26.2. The summed E-state index contributed by atoms with van der Waals surface area (Å²) >= 11 is 0. The third-order valence-corrected chi connectivity index (χ3v) is 3.96. The number of hydrogen-bond acceptors (Lipinski definition) is 2. The lowest BCUT2D eigenvalue weighted by atomic mass is 10.3. The summed E-state index contributed by atoms with van der Waals surface area (Å²) in [6.45, 7) is 3.55. The second-order valence-corrected chi connectivity index (χ2v) is 5.83. The van der Waals surface area contributed by atoms with E-state index in [4.69, 9.17) is 0 Å². The average Bonchev–Trinajstić information content (AvgIpc) is 2.59. The fourth-order valence-corrected chi connectivity index (χ4v) is 2.50. The van der Waals surface area contributed by atoms with E-state index in [1.807, 2.05) is 0 Å². The van der Waals surface area contributed by atoms with Crippen molar-refractivity contribution in [1.82, 2.24) is 9.80 Å². The highest BCUT2D eigenvalue weighted by molar-refractivity contribution is 5.95. The second-order valence-electron chi connectivity index (χ2n) is 5.83. The molecule has 0 unspecified atom stereocenters. The van der Waals surface area contributed by atoms with Gasteiger partial charge in [0.15, 0.2) is 0 Å². The van der Waals surface area contributed by atoms with Crippen LogP contribution in [-0.4, -0.2) is 49.0 Å². The van der Waals surface area contributed by atoms with Crippen molar-refractivity contribution in [1.29, 1.82) is 0 Å². The van der Waals surface area contributed by atoms with Crippen LogP contribution in [0.2, 0.25) is 0 Å². The van der Waals surface area contributed by atoms with Crippen LogP contribution in [-0.2, 0) is 0 Å². The Morgan fingerprint density at radius 1 is 0.875 bits per heavy atom. The quantitative estimate of drug-likeness (QED) is 0.677. The van der Waals surface area contributed by atoms with Gasteiger partial charge in [0, 0.05) is 31.9 Å². The van der Waals surface area contributed by atoms with Gasteiger partial charge in [-0.1, -0.05) is 0 Å². The SMILES string of the molecule is CN1CCN(C(=Nc2ccc(F)cc2)Nc2ccc(F)cc2)CC1. The molecule has 0 radical (unpaired) electrons. The first-order valence-electron chi connectivity index (χ1n) is 7.90. The molecule has 4 nitrogen and oxygen atoms in total. The van der Waals surface area contributed by atoms with Gasteiger partial charge < -0.3 is 15.1 Å². The zero-order valence-corrected chi connectivity index (χ0v) is 13.5. The Kier molecular flexibility index (Phi) is 5.05. The molecule has 1 fully saturated rings. The molecule has 0 amide bonds. The Morgan fingerprint density at radius 3 is 2.00 bits per heavy atom. The summed E-state index contributed by atoms with van der Waals surface area (Å²) in [5, 5.41) is 3.25. The van der Waals surface area contributed by atoms with Gasteiger partial charge in [0.1, 0.15) is 11.6 Å². The highest BCUT2D eigenvalue weighted by atomic mass is 19.1. The van der Waals surface area contributed by atoms with E-state index < -0.39 is 0 Å². The van der Waals surface area contributed by atoms with Gasteiger partial charge in [-0.3, -0.25) is 0 Å². The predicted octanol–water partition coefficient (Wildman–Crippen LogP) is 3.31. The molecule has 0 aliphatic carbocycles. The van der Waals surface area contributed by atoms with Gasteiger partial charge in [-0.05, 0) is 55.6 Å². The molecule has 1 heterocycles. The minimum atomic E-state index is -0.290. The van der Waals surface area contributed by atoms with Gasteiger partial charge in [0.25, 0.3) is 0 Å². The molecule has 24 heavy (non-hydrogen) atoms. The molecular formula is C18H20F2N4. The number of guanidine groups is 1. The van der Waals surface area contributed by atoms with Gasteiger partial charge >= 0.3 is 0 Å². The van der Waals surface area contributed by atoms with Crippen molar-refractivity contribution in [2.24, 2.45) is 4.99 Å². The van der Waals surface area contributed by atoms with E-state index in [1.165, 1.54) is 24.3 Å². The maximum Gasteiger partial charge on any atom is 0.203 e. The molecule has 0 saturated carbocycles. The average molecular weight is 330 g/mol. The van der Waals surface area contributed by atoms with Gasteiger partial charge in [0.05, 0.1) is 5.69 Å². The first kappa shape index (κ1) is 16.4. The molecule has 0 atom stereocenters. The van der Waals surface area contributed by atoms with E-state index in [0.29, 0.717) is 11.6 Å². The third-order valence-electron chi connectivity index (χ3n) is 3.96. The number of halogens is 2. The highest BCUT2D eigenvalue weighted by Gasteiger charge is 2.18. The van der Waals surface area contributed by atoms with Crippen LogP contribution >= 0.6 is 0 Å². The van der Waals surface area contributed by atoms with Crippen LogP contribution in [0.4, 0.5) is 20.2 Å². The van der Waals surface area contributed by atoms with Crippen molar-refractivity contribution < 1.29 is 8.78 Å². The number of piperazine rings is 1. The van der Waals surface area contributed by atoms with Gasteiger partial charge in [-0.2, -0.15) is 0 Å². The molecule has 1 aliphatic rings. The van der Waals surface area contributed by atoms with E-state index in [0.717, 1.165) is 31.9 Å². The van der Waals surface area contributed by atoms with Gasteiger partial charge in [-0.25, -0.2) is 13.8 Å². The number of nitrogens with one attached hydrogen (secondary N) is 1. The Bertz CT molecular complexity index is 690. The van der Waals surface area contributed by atoms with E-state index in [1.54, 1.807) is 24.3 Å². The smallest absolute Gasteiger partial charge is 0.203 e. The van der Waals surface area contributed by atoms with Crippen molar-refractivity contribution in [3.63, 3.8) is 0 Å². The summed E-state index contributed by atoms with van der Waals surface area (Å²) in [6, 6.07) is 12.2. The van der Waals surface area contributed by atoms with Crippen LogP contribution < -0.4 is 5.32 Å². The minimum absolute atomic E-state index is 0.280. The Hall–Kier alpha value is -2.47.